The van der Waals surface area contributed by atoms with E-state index in [4.69, 9.17) is 15.2 Å². The maximum absolute atomic E-state index is 13.3. The molecule has 0 saturated heterocycles. The Balaban J connectivity index is 1.37. The third kappa shape index (κ3) is 8.75. The second kappa shape index (κ2) is 15.3. The molecular weight excluding hydrogens is 602 g/mol. The fourth-order valence-electron chi connectivity index (χ4n) is 5.03. The first-order valence-corrected chi connectivity index (χ1v) is 14.9. The number of ether oxygens (including phenoxy) is 2. The summed E-state index contributed by atoms with van der Waals surface area (Å²) in [6, 6.07) is 22.5. The summed E-state index contributed by atoms with van der Waals surface area (Å²) in [5.41, 5.74) is 7.07. The molecule has 1 aliphatic carbocycles. The summed E-state index contributed by atoms with van der Waals surface area (Å²) in [6.45, 7) is 3.46. The van der Waals surface area contributed by atoms with Crippen LogP contribution in [0.2, 0.25) is 0 Å². The number of amides is 2. The molecule has 1 saturated carbocycles. The van der Waals surface area contributed by atoms with Crippen molar-refractivity contribution in [3.05, 3.63) is 119 Å². The number of nitrogens with one attached hydrogen (secondary N) is 3. The van der Waals surface area contributed by atoms with Crippen LogP contribution in [0.3, 0.4) is 0 Å². The summed E-state index contributed by atoms with van der Waals surface area (Å²) in [5, 5.41) is 17.0. The average Bonchev–Trinajstić information content (AvgIpc) is 3.53. The molecule has 13 nitrogen and oxygen atoms in total. The number of carbonyl (C=O) groups is 4. The molecule has 2 amide bonds. The van der Waals surface area contributed by atoms with E-state index in [1.54, 1.807) is 0 Å². The summed E-state index contributed by atoms with van der Waals surface area (Å²) in [6.07, 6.45) is 3.34. The fraction of sp³-hybridized carbons (Fsp3) is 0.206. The van der Waals surface area contributed by atoms with Crippen molar-refractivity contribution in [2.45, 2.75) is 44.6 Å². The van der Waals surface area contributed by atoms with Crippen LogP contribution in [-0.2, 0) is 27.5 Å². The van der Waals surface area contributed by atoms with Crippen molar-refractivity contribution in [1.29, 1.82) is 0 Å². The molecule has 3 aromatic carbocycles. The van der Waals surface area contributed by atoms with Crippen LogP contribution in [0.4, 0.5) is 17.5 Å². The summed E-state index contributed by atoms with van der Waals surface area (Å²) in [5.74, 6) is -2.50. The van der Waals surface area contributed by atoms with E-state index in [-0.39, 0.29) is 59.8 Å². The molecule has 0 bridgehead atoms. The smallest absolute Gasteiger partial charge is 0.339 e. The molecule has 4 aromatic rings. The monoisotopic (exact) mass is 635 g/mol. The number of nitrogens with two attached hydrogens (primary N) is 1. The number of hydrogen-bond donors (Lipinski definition) is 4. The van der Waals surface area contributed by atoms with E-state index in [2.05, 4.69) is 37.7 Å². The van der Waals surface area contributed by atoms with E-state index < -0.39 is 17.8 Å². The molecule has 240 valence electrons. The first-order valence-electron chi connectivity index (χ1n) is 14.9. The van der Waals surface area contributed by atoms with E-state index >= 15 is 0 Å². The lowest BCUT2D eigenvalue weighted by Crippen LogP contribution is -2.32. The molecule has 1 fully saturated rings. The van der Waals surface area contributed by atoms with Crippen molar-refractivity contribution < 1.29 is 28.7 Å². The van der Waals surface area contributed by atoms with E-state index in [0.29, 0.717) is 12.1 Å². The first kappa shape index (κ1) is 32.3. The summed E-state index contributed by atoms with van der Waals surface area (Å²) >= 11 is 0. The van der Waals surface area contributed by atoms with Gasteiger partial charge in [-0.1, -0.05) is 67.2 Å². The van der Waals surface area contributed by atoms with E-state index in [1.165, 1.54) is 24.3 Å². The molecule has 0 aliphatic heterocycles. The van der Waals surface area contributed by atoms with Crippen molar-refractivity contribution in [3.8, 4) is 0 Å². The Bertz CT molecular complexity index is 1770. The Hall–Kier alpha value is -6.11. The summed E-state index contributed by atoms with van der Waals surface area (Å²) in [4.78, 5) is 54.8. The Morgan fingerprint density at radius 1 is 0.830 bits per heavy atom. The largest absolute Gasteiger partial charge is 0.457 e. The van der Waals surface area contributed by atoms with E-state index in [0.717, 1.165) is 24.0 Å². The number of anilines is 3. The zero-order valence-corrected chi connectivity index (χ0v) is 25.3. The molecular formula is C34H33N7O6. The minimum absolute atomic E-state index is 0.00486. The summed E-state index contributed by atoms with van der Waals surface area (Å²) < 4.78 is 11.0. The summed E-state index contributed by atoms with van der Waals surface area (Å²) in [7, 11) is 0. The third-order valence-corrected chi connectivity index (χ3v) is 7.37. The Kier molecular flexibility index (Phi) is 10.5. The Morgan fingerprint density at radius 2 is 1.45 bits per heavy atom. The molecule has 5 N–H and O–H groups in total. The van der Waals surface area contributed by atoms with Gasteiger partial charge in [0, 0.05) is 17.8 Å². The number of primary amides is 1. The van der Waals surface area contributed by atoms with Crippen molar-refractivity contribution >= 4 is 41.2 Å². The van der Waals surface area contributed by atoms with E-state index in [9.17, 15) is 19.2 Å². The van der Waals surface area contributed by atoms with Gasteiger partial charge in [-0.2, -0.15) is 4.98 Å². The quantitative estimate of drug-likeness (QED) is 0.123. The third-order valence-electron chi connectivity index (χ3n) is 7.37. The molecule has 5 rings (SSSR count). The topological polar surface area (TPSA) is 188 Å². The van der Waals surface area contributed by atoms with Crippen LogP contribution in [-0.4, -0.2) is 51.0 Å². The predicted octanol–water partition coefficient (Wildman–Crippen LogP) is 4.06. The van der Waals surface area contributed by atoms with Gasteiger partial charge in [-0.3, -0.25) is 9.59 Å². The Labute approximate surface area is 270 Å². The maximum atomic E-state index is 13.3. The van der Waals surface area contributed by atoms with Gasteiger partial charge in [0.1, 0.15) is 13.2 Å². The molecule has 0 radical (unpaired) electrons. The number of carbonyl (C=O) groups excluding carboxylic acids is 4. The number of rotatable bonds is 13. The van der Waals surface area contributed by atoms with Crippen molar-refractivity contribution in [2.24, 2.45) is 5.73 Å². The van der Waals surface area contributed by atoms with Gasteiger partial charge in [0.25, 0.3) is 5.91 Å². The number of aromatic nitrogens is 3. The molecule has 47 heavy (non-hydrogen) atoms. The lowest BCUT2D eigenvalue weighted by Gasteiger charge is -2.16. The fourth-order valence-corrected chi connectivity index (χ4v) is 5.03. The van der Waals surface area contributed by atoms with Gasteiger partial charge in [-0.05, 0) is 54.7 Å². The van der Waals surface area contributed by atoms with Crippen molar-refractivity contribution in [2.75, 3.05) is 10.6 Å². The van der Waals surface area contributed by atoms with Gasteiger partial charge in [0.15, 0.2) is 11.5 Å². The molecule has 1 aliphatic rings. The van der Waals surface area contributed by atoms with Gasteiger partial charge in [-0.15, -0.1) is 10.2 Å². The van der Waals surface area contributed by atoms with E-state index in [1.807, 2.05) is 60.7 Å². The number of benzene rings is 3. The number of esters is 2. The van der Waals surface area contributed by atoms with Gasteiger partial charge in [0.05, 0.1) is 11.1 Å². The molecule has 1 unspecified atom stereocenters. The van der Waals surface area contributed by atoms with Crippen molar-refractivity contribution in [3.63, 3.8) is 0 Å². The highest BCUT2D eigenvalue weighted by Gasteiger charge is 2.27. The number of hydrogen-bond acceptors (Lipinski definition) is 11. The highest BCUT2D eigenvalue weighted by Crippen LogP contribution is 2.26. The maximum Gasteiger partial charge on any atom is 0.339 e. The highest BCUT2D eigenvalue weighted by molar-refractivity contribution is 6.04. The second-order valence-electron chi connectivity index (χ2n) is 10.8. The van der Waals surface area contributed by atoms with Gasteiger partial charge in [-0.25, -0.2) is 9.59 Å². The Morgan fingerprint density at radius 3 is 2.06 bits per heavy atom. The zero-order chi connectivity index (χ0) is 33.2. The second-order valence-corrected chi connectivity index (χ2v) is 10.8. The minimum atomic E-state index is -0.879. The highest BCUT2D eigenvalue weighted by atomic mass is 16.5. The normalized spacial score (nSPS) is 15.2. The van der Waals surface area contributed by atoms with Crippen molar-refractivity contribution in [1.82, 2.24) is 20.5 Å². The predicted molar refractivity (Wildman–Crippen MR) is 173 cm³/mol. The van der Waals surface area contributed by atoms with Crippen LogP contribution in [0.5, 0.6) is 0 Å². The lowest BCUT2D eigenvalue weighted by molar-refractivity contribution is -0.117. The average molecular weight is 636 g/mol. The molecule has 2 atom stereocenters. The van der Waals surface area contributed by atoms with Crippen LogP contribution in [0, 0.1) is 0 Å². The minimum Gasteiger partial charge on any atom is -0.457 e. The first-order chi connectivity index (χ1) is 22.8. The number of nitrogens with zero attached hydrogens (tertiary/aromatic N) is 3. The molecule has 1 aromatic heterocycles. The molecule has 13 heteroatoms. The van der Waals surface area contributed by atoms with Gasteiger partial charge in [0.2, 0.25) is 11.9 Å². The zero-order valence-electron chi connectivity index (χ0n) is 25.3. The van der Waals surface area contributed by atoms with Crippen LogP contribution in [0.15, 0.2) is 91.5 Å². The van der Waals surface area contributed by atoms with Crippen LogP contribution < -0.4 is 21.7 Å². The van der Waals surface area contributed by atoms with Crippen LogP contribution in [0.25, 0.3) is 0 Å². The molecule has 0 spiro atoms. The SMILES string of the molecule is C=CC(=O)NC1CC[C@@H](Nc2nnc(C(N)=O)c(Nc3ccc(C(=O)OCc4ccccc4)c(C(=O)OCc4ccccc4)c3)n2)C1. The van der Waals surface area contributed by atoms with Gasteiger partial charge < -0.3 is 31.2 Å². The van der Waals surface area contributed by atoms with Crippen LogP contribution in [0.1, 0.15) is 61.6 Å². The van der Waals surface area contributed by atoms with Gasteiger partial charge >= 0.3 is 11.9 Å². The van der Waals surface area contributed by atoms with Crippen LogP contribution >= 0.6 is 0 Å². The lowest BCUT2D eigenvalue weighted by atomic mass is 10.1. The molecule has 1 heterocycles. The standard InChI is InChI=1S/C34H33N7O6/c1-2-28(42)36-23-13-14-24(17-23)38-34-39-31(29(30(35)43)40-41-34)37-25-15-16-26(32(44)46-19-21-9-5-3-6-10-21)27(18-25)33(45)47-20-22-11-7-4-8-12-22/h2-12,15-16,18,23-24H,1,13-14,17,19-20H2,(H2,35,43)(H,36,42)(H2,37,38,39,41)/t23?,24-/m1/s1.